The largest absolute Gasteiger partial charge is 0.283 e. The Hall–Kier alpha value is -2.15. The normalized spacial score (nSPS) is 11.3. The molecule has 4 aromatic rings. The molecule has 2 heterocycles. The summed E-state index contributed by atoms with van der Waals surface area (Å²) in [6, 6.07) is 13.2. The summed E-state index contributed by atoms with van der Waals surface area (Å²) < 4.78 is 2.79. The number of thiazole rings is 1. The van der Waals surface area contributed by atoms with Gasteiger partial charge >= 0.3 is 0 Å². The number of rotatable bonds is 5. The minimum absolute atomic E-state index is 0.107. The Morgan fingerprint density at radius 3 is 2.85 bits per heavy atom. The van der Waals surface area contributed by atoms with Gasteiger partial charge in [0.2, 0.25) is 0 Å². The molecule has 0 saturated carbocycles. The highest BCUT2D eigenvalue weighted by molar-refractivity contribution is 7.98. The predicted octanol–water partition coefficient (Wildman–Crippen LogP) is 5.14. The monoisotopic (exact) mass is 399 g/mol. The topological polar surface area (TPSA) is 47.8 Å². The quantitative estimate of drug-likeness (QED) is 0.265. The lowest BCUT2D eigenvalue weighted by Gasteiger charge is -2.11. The second kappa shape index (κ2) is 7.23. The van der Waals surface area contributed by atoms with Gasteiger partial charge in [0.15, 0.2) is 5.16 Å². The molecule has 0 N–H and O–H groups in total. The van der Waals surface area contributed by atoms with Gasteiger partial charge in [0, 0.05) is 11.6 Å². The molecular weight excluding hydrogens is 386 g/mol. The first-order valence-electron chi connectivity index (χ1n) is 7.94. The zero-order valence-corrected chi connectivity index (χ0v) is 16.1. The molecule has 0 aliphatic rings. The molecule has 4 rings (SSSR count). The summed E-state index contributed by atoms with van der Waals surface area (Å²) in [7, 11) is 0. The van der Waals surface area contributed by atoms with Crippen molar-refractivity contribution in [2.24, 2.45) is 0 Å². The van der Waals surface area contributed by atoms with Crippen molar-refractivity contribution >= 4 is 55.8 Å². The van der Waals surface area contributed by atoms with Crippen LogP contribution in [-0.2, 0) is 12.3 Å². The number of halogens is 1. The lowest BCUT2D eigenvalue weighted by Crippen LogP contribution is -2.22. The van der Waals surface area contributed by atoms with Crippen LogP contribution >= 0.6 is 34.7 Å². The third-order valence-corrected chi connectivity index (χ3v) is 6.30. The fourth-order valence-electron chi connectivity index (χ4n) is 2.68. The maximum Gasteiger partial charge on any atom is 0.262 e. The third-order valence-electron chi connectivity index (χ3n) is 3.86. The average Bonchev–Trinajstić information content (AvgIpc) is 3.06. The number of allylic oxidation sites excluding steroid dienone is 1. The van der Waals surface area contributed by atoms with Crippen molar-refractivity contribution in [1.82, 2.24) is 14.5 Å². The molecule has 0 fully saturated rings. The number of hydrogen-bond donors (Lipinski definition) is 0. The van der Waals surface area contributed by atoms with E-state index in [-0.39, 0.29) is 5.56 Å². The van der Waals surface area contributed by atoms with Crippen molar-refractivity contribution in [1.29, 1.82) is 0 Å². The molecule has 0 aliphatic heterocycles. The van der Waals surface area contributed by atoms with Gasteiger partial charge in [0.1, 0.15) is 5.01 Å². The lowest BCUT2D eigenvalue weighted by atomic mass is 10.2. The molecule has 0 saturated heterocycles. The molecule has 2 aromatic carbocycles. The zero-order chi connectivity index (χ0) is 18.1. The van der Waals surface area contributed by atoms with E-state index in [2.05, 4.69) is 22.6 Å². The van der Waals surface area contributed by atoms with Crippen molar-refractivity contribution < 1.29 is 0 Å². The van der Waals surface area contributed by atoms with Gasteiger partial charge in [-0.25, -0.2) is 9.97 Å². The second-order valence-corrected chi connectivity index (χ2v) is 8.12. The minimum atomic E-state index is -0.107. The first kappa shape index (κ1) is 17.3. The summed E-state index contributed by atoms with van der Waals surface area (Å²) in [6.45, 7) is 4.15. The Kier molecular flexibility index (Phi) is 4.80. The second-order valence-electron chi connectivity index (χ2n) is 5.62. The number of benzene rings is 2. The van der Waals surface area contributed by atoms with Crippen LogP contribution in [0.15, 0.2) is 65.1 Å². The van der Waals surface area contributed by atoms with E-state index in [1.807, 2.05) is 18.2 Å². The number of thioether (sulfide) groups is 1. The number of para-hydroxylation sites is 1. The summed E-state index contributed by atoms with van der Waals surface area (Å²) >= 11 is 9.20. The molecule has 0 radical (unpaired) electrons. The van der Waals surface area contributed by atoms with Gasteiger partial charge in [-0.1, -0.05) is 41.6 Å². The Morgan fingerprint density at radius 1 is 1.19 bits per heavy atom. The van der Waals surface area contributed by atoms with Gasteiger partial charge in [0.25, 0.3) is 5.56 Å². The fraction of sp³-hybridized carbons (Fsp3) is 0.105. The van der Waals surface area contributed by atoms with Crippen LogP contribution in [0.1, 0.15) is 5.01 Å². The molecule has 4 nitrogen and oxygen atoms in total. The van der Waals surface area contributed by atoms with Gasteiger partial charge in [-0.15, -0.1) is 17.9 Å². The van der Waals surface area contributed by atoms with Gasteiger partial charge in [-0.05, 0) is 30.3 Å². The highest BCUT2D eigenvalue weighted by Gasteiger charge is 2.13. The maximum absolute atomic E-state index is 12.8. The number of hydrogen-bond acceptors (Lipinski definition) is 5. The van der Waals surface area contributed by atoms with Crippen LogP contribution in [0.25, 0.3) is 21.1 Å². The summed E-state index contributed by atoms with van der Waals surface area (Å²) in [5.41, 5.74) is 1.54. The molecule has 0 amide bonds. The van der Waals surface area contributed by atoms with Crippen LogP contribution in [0.2, 0.25) is 5.02 Å². The molecule has 0 aliphatic carbocycles. The highest BCUT2D eigenvalue weighted by atomic mass is 35.5. The molecule has 0 unspecified atom stereocenters. The Morgan fingerprint density at radius 2 is 2.04 bits per heavy atom. The minimum Gasteiger partial charge on any atom is -0.283 e. The van der Waals surface area contributed by atoms with Gasteiger partial charge in [0.05, 0.1) is 26.9 Å². The van der Waals surface area contributed by atoms with E-state index in [0.29, 0.717) is 33.4 Å². The van der Waals surface area contributed by atoms with E-state index in [1.54, 1.807) is 40.2 Å². The first-order valence-corrected chi connectivity index (χ1v) is 10.1. The standard InChI is InChI=1S/C19H14ClN3OS2/c1-2-9-23-18(24)13-10-12(20)7-8-14(13)22-19(23)25-11-17-21-15-5-3-4-6-16(15)26-17/h2-8,10H,1,9,11H2. The molecule has 130 valence electrons. The molecular formula is C19H14ClN3OS2. The molecule has 7 heteroatoms. The zero-order valence-electron chi connectivity index (χ0n) is 13.7. The first-order chi connectivity index (χ1) is 12.7. The Balaban J connectivity index is 1.72. The Labute approximate surface area is 163 Å². The fourth-order valence-corrected chi connectivity index (χ4v) is 4.82. The van der Waals surface area contributed by atoms with Gasteiger partial charge in [-0.2, -0.15) is 0 Å². The lowest BCUT2D eigenvalue weighted by molar-refractivity contribution is 0.671. The van der Waals surface area contributed by atoms with Crippen LogP contribution in [0.4, 0.5) is 0 Å². The summed E-state index contributed by atoms with van der Waals surface area (Å²) in [6.07, 6.45) is 1.70. The average molecular weight is 400 g/mol. The highest BCUT2D eigenvalue weighted by Crippen LogP contribution is 2.28. The molecule has 2 aromatic heterocycles. The van der Waals surface area contributed by atoms with Crippen LogP contribution in [0.3, 0.4) is 0 Å². The van der Waals surface area contributed by atoms with E-state index >= 15 is 0 Å². The molecule has 0 spiro atoms. The molecule has 0 atom stereocenters. The molecule has 26 heavy (non-hydrogen) atoms. The SMILES string of the molecule is C=CCn1c(SCc2nc3ccccc3s2)nc2ccc(Cl)cc2c1=O. The van der Waals surface area contributed by atoms with Crippen molar-refractivity contribution in [2.45, 2.75) is 17.5 Å². The van der Waals surface area contributed by atoms with E-state index < -0.39 is 0 Å². The third kappa shape index (κ3) is 3.28. The summed E-state index contributed by atoms with van der Waals surface area (Å²) in [4.78, 5) is 22.1. The van der Waals surface area contributed by atoms with E-state index in [9.17, 15) is 4.79 Å². The Bertz CT molecular complexity index is 1150. The van der Waals surface area contributed by atoms with E-state index in [4.69, 9.17) is 11.6 Å². The van der Waals surface area contributed by atoms with E-state index in [1.165, 1.54) is 11.8 Å². The van der Waals surface area contributed by atoms with Crippen LogP contribution in [0, 0.1) is 0 Å². The number of aromatic nitrogens is 3. The van der Waals surface area contributed by atoms with E-state index in [0.717, 1.165) is 15.2 Å². The van der Waals surface area contributed by atoms with Crippen molar-refractivity contribution in [2.75, 3.05) is 0 Å². The number of fused-ring (bicyclic) bond motifs is 2. The number of nitrogens with zero attached hydrogens (tertiary/aromatic N) is 3. The summed E-state index contributed by atoms with van der Waals surface area (Å²) in [5.74, 6) is 0.655. The predicted molar refractivity (Wildman–Crippen MR) is 110 cm³/mol. The van der Waals surface area contributed by atoms with Crippen molar-refractivity contribution in [3.63, 3.8) is 0 Å². The molecule has 0 bridgehead atoms. The van der Waals surface area contributed by atoms with Crippen LogP contribution in [0.5, 0.6) is 0 Å². The van der Waals surface area contributed by atoms with Gasteiger partial charge < -0.3 is 0 Å². The van der Waals surface area contributed by atoms with Crippen LogP contribution < -0.4 is 5.56 Å². The smallest absolute Gasteiger partial charge is 0.262 e. The van der Waals surface area contributed by atoms with Crippen molar-refractivity contribution in [3.05, 3.63) is 75.5 Å². The van der Waals surface area contributed by atoms with Gasteiger partial charge in [-0.3, -0.25) is 9.36 Å². The maximum atomic E-state index is 12.8. The van der Waals surface area contributed by atoms with Crippen molar-refractivity contribution in [3.8, 4) is 0 Å². The van der Waals surface area contributed by atoms with Crippen LogP contribution in [-0.4, -0.2) is 14.5 Å². The summed E-state index contributed by atoms with van der Waals surface area (Å²) in [5, 5.41) is 2.70.